The number of thioether (sulfide) groups is 1. The Balaban J connectivity index is 1.43. The molecule has 27 heavy (non-hydrogen) atoms. The molecule has 0 atom stereocenters. The number of carbonyl (C=O) groups excluding carboxylic acids is 1. The van der Waals surface area contributed by atoms with E-state index in [1.807, 2.05) is 12.1 Å². The van der Waals surface area contributed by atoms with Gasteiger partial charge in [0.05, 0.1) is 5.75 Å². The van der Waals surface area contributed by atoms with Gasteiger partial charge in [0.2, 0.25) is 5.91 Å². The van der Waals surface area contributed by atoms with Crippen LogP contribution >= 0.6 is 11.8 Å². The first-order valence-corrected chi connectivity index (χ1v) is 10.3. The minimum absolute atomic E-state index is 0.0623. The van der Waals surface area contributed by atoms with Crippen molar-refractivity contribution in [2.24, 2.45) is 0 Å². The standard InChI is InChI=1S/C21H26FN3OS/c1-2-24-11-13-25(14-12-24)15-17-3-7-19(8-4-17)23-21(26)16-27-20-9-5-18(22)6-10-20/h3-10H,2,11-16H2,1H3,(H,23,26). The predicted octanol–water partition coefficient (Wildman–Crippen LogP) is 3.69. The number of hydrogen-bond donors (Lipinski definition) is 1. The maximum absolute atomic E-state index is 12.9. The number of piperazine rings is 1. The van der Waals surface area contributed by atoms with Gasteiger partial charge >= 0.3 is 0 Å². The summed E-state index contributed by atoms with van der Waals surface area (Å²) in [5, 5.41) is 2.91. The Morgan fingerprint density at radius 3 is 2.26 bits per heavy atom. The highest BCUT2D eigenvalue weighted by Gasteiger charge is 2.15. The van der Waals surface area contributed by atoms with Gasteiger partial charge in [-0.3, -0.25) is 9.69 Å². The quantitative estimate of drug-likeness (QED) is 0.735. The maximum atomic E-state index is 12.9. The average molecular weight is 388 g/mol. The van der Waals surface area contributed by atoms with Crippen LogP contribution in [0, 0.1) is 5.82 Å². The van der Waals surface area contributed by atoms with Crippen molar-refractivity contribution < 1.29 is 9.18 Å². The van der Waals surface area contributed by atoms with Crippen molar-refractivity contribution in [3.05, 3.63) is 59.9 Å². The Morgan fingerprint density at radius 2 is 1.63 bits per heavy atom. The maximum Gasteiger partial charge on any atom is 0.234 e. The van der Waals surface area contributed by atoms with Crippen molar-refractivity contribution in [3.8, 4) is 0 Å². The van der Waals surface area contributed by atoms with Gasteiger partial charge in [0, 0.05) is 43.3 Å². The van der Waals surface area contributed by atoms with Crippen molar-refractivity contribution >= 4 is 23.4 Å². The first-order valence-electron chi connectivity index (χ1n) is 9.34. The summed E-state index contributed by atoms with van der Waals surface area (Å²) in [5.41, 5.74) is 2.07. The van der Waals surface area contributed by atoms with E-state index in [-0.39, 0.29) is 11.7 Å². The molecule has 1 aliphatic rings. The van der Waals surface area contributed by atoms with Crippen LogP contribution in [0.1, 0.15) is 12.5 Å². The van der Waals surface area contributed by atoms with E-state index in [9.17, 15) is 9.18 Å². The fraction of sp³-hybridized carbons (Fsp3) is 0.381. The van der Waals surface area contributed by atoms with Gasteiger partial charge in [-0.2, -0.15) is 0 Å². The van der Waals surface area contributed by atoms with Crippen LogP contribution in [0.4, 0.5) is 10.1 Å². The lowest BCUT2D eigenvalue weighted by molar-refractivity contribution is -0.113. The lowest BCUT2D eigenvalue weighted by Crippen LogP contribution is -2.45. The number of carbonyl (C=O) groups is 1. The molecule has 0 aliphatic carbocycles. The van der Waals surface area contributed by atoms with Crippen molar-refractivity contribution in [1.82, 2.24) is 9.80 Å². The molecule has 1 N–H and O–H groups in total. The highest BCUT2D eigenvalue weighted by Crippen LogP contribution is 2.19. The van der Waals surface area contributed by atoms with Gasteiger partial charge in [0.15, 0.2) is 0 Å². The minimum atomic E-state index is -0.267. The molecule has 0 spiro atoms. The molecule has 1 aliphatic heterocycles. The van der Waals surface area contributed by atoms with Gasteiger partial charge in [-0.05, 0) is 48.5 Å². The second kappa shape index (κ2) is 9.88. The van der Waals surface area contributed by atoms with E-state index in [4.69, 9.17) is 0 Å². The molecule has 1 amide bonds. The van der Waals surface area contributed by atoms with E-state index >= 15 is 0 Å². The van der Waals surface area contributed by atoms with Gasteiger partial charge in [-0.15, -0.1) is 11.8 Å². The zero-order valence-corrected chi connectivity index (χ0v) is 16.5. The van der Waals surface area contributed by atoms with E-state index < -0.39 is 0 Å². The number of nitrogens with one attached hydrogen (secondary N) is 1. The van der Waals surface area contributed by atoms with Crippen LogP contribution < -0.4 is 5.32 Å². The molecule has 0 aromatic heterocycles. The van der Waals surface area contributed by atoms with E-state index in [1.54, 1.807) is 12.1 Å². The van der Waals surface area contributed by atoms with Crippen LogP contribution in [0.5, 0.6) is 0 Å². The van der Waals surface area contributed by atoms with Gasteiger partial charge in [0.1, 0.15) is 5.82 Å². The molecule has 1 saturated heterocycles. The molecule has 0 saturated carbocycles. The van der Waals surface area contributed by atoms with Crippen molar-refractivity contribution in [2.45, 2.75) is 18.4 Å². The lowest BCUT2D eigenvalue weighted by atomic mass is 10.1. The van der Waals surface area contributed by atoms with Gasteiger partial charge in [-0.1, -0.05) is 19.1 Å². The molecular formula is C21H26FN3OS. The molecule has 0 bridgehead atoms. The first-order chi connectivity index (χ1) is 13.1. The molecule has 3 rings (SSSR count). The smallest absolute Gasteiger partial charge is 0.234 e. The van der Waals surface area contributed by atoms with E-state index in [0.29, 0.717) is 5.75 Å². The molecule has 6 heteroatoms. The third kappa shape index (κ3) is 6.34. The summed E-state index contributed by atoms with van der Waals surface area (Å²) < 4.78 is 12.9. The Bertz CT molecular complexity index is 728. The number of benzene rings is 2. The van der Waals surface area contributed by atoms with Crippen molar-refractivity contribution in [2.75, 3.05) is 43.8 Å². The van der Waals surface area contributed by atoms with Crippen LogP contribution in [0.15, 0.2) is 53.4 Å². The van der Waals surface area contributed by atoms with Crippen LogP contribution in [-0.4, -0.2) is 54.2 Å². The molecule has 1 heterocycles. The molecule has 4 nitrogen and oxygen atoms in total. The first kappa shape index (κ1) is 19.9. The molecule has 1 fully saturated rings. The van der Waals surface area contributed by atoms with Crippen LogP contribution in [-0.2, 0) is 11.3 Å². The van der Waals surface area contributed by atoms with Crippen molar-refractivity contribution in [3.63, 3.8) is 0 Å². The van der Waals surface area contributed by atoms with Gasteiger partial charge < -0.3 is 10.2 Å². The van der Waals surface area contributed by atoms with E-state index in [2.05, 4.69) is 34.2 Å². The number of anilines is 1. The highest BCUT2D eigenvalue weighted by molar-refractivity contribution is 8.00. The van der Waals surface area contributed by atoms with E-state index in [1.165, 1.54) is 29.5 Å². The van der Waals surface area contributed by atoms with Crippen LogP contribution in [0.2, 0.25) is 0 Å². The number of likely N-dealkylation sites (N-methyl/N-ethyl adjacent to an activating group) is 1. The number of amides is 1. The molecule has 2 aromatic rings. The summed E-state index contributed by atoms with van der Waals surface area (Å²) in [4.78, 5) is 17.9. The van der Waals surface area contributed by atoms with Crippen LogP contribution in [0.25, 0.3) is 0 Å². The Kier molecular flexibility index (Phi) is 7.26. The van der Waals surface area contributed by atoms with Gasteiger partial charge in [0.25, 0.3) is 0 Å². The molecule has 144 valence electrons. The summed E-state index contributed by atoms with van der Waals surface area (Å²) in [6, 6.07) is 14.2. The Hall–Kier alpha value is -1.89. The minimum Gasteiger partial charge on any atom is -0.325 e. The molecule has 2 aromatic carbocycles. The normalized spacial score (nSPS) is 15.6. The van der Waals surface area contributed by atoms with Crippen LogP contribution in [0.3, 0.4) is 0 Å². The summed E-state index contributed by atoms with van der Waals surface area (Å²) in [6.45, 7) is 8.77. The average Bonchev–Trinajstić information content (AvgIpc) is 2.70. The number of halogens is 1. The number of hydrogen-bond acceptors (Lipinski definition) is 4. The third-order valence-corrected chi connectivity index (χ3v) is 5.75. The fourth-order valence-corrected chi connectivity index (χ4v) is 3.79. The summed E-state index contributed by atoms with van der Waals surface area (Å²) in [6.07, 6.45) is 0. The molecule has 0 unspecified atom stereocenters. The zero-order valence-electron chi connectivity index (χ0n) is 15.7. The summed E-state index contributed by atoms with van der Waals surface area (Å²) in [7, 11) is 0. The lowest BCUT2D eigenvalue weighted by Gasteiger charge is -2.34. The summed E-state index contributed by atoms with van der Waals surface area (Å²) >= 11 is 1.40. The Labute approximate surface area is 164 Å². The number of rotatable bonds is 7. The SMILES string of the molecule is CCN1CCN(Cc2ccc(NC(=O)CSc3ccc(F)cc3)cc2)CC1. The van der Waals surface area contributed by atoms with Crippen molar-refractivity contribution in [1.29, 1.82) is 0 Å². The molecular weight excluding hydrogens is 361 g/mol. The number of nitrogens with zero attached hydrogens (tertiary/aromatic N) is 2. The zero-order chi connectivity index (χ0) is 19.1. The fourth-order valence-electron chi connectivity index (χ4n) is 3.09. The monoisotopic (exact) mass is 387 g/mol. The highest BCUT2D eigenvalue weighted by atomic mass is 32.2. The second-order valence-electron chi connectivity index (χ2n) is 6.70. The van der Waals surface area contributed by atoms with Gasteiger partial charge in [-0.25, -0.2) is 4.39 Å². The summed E-state index contributed by atoms with van der Waals surface area (Å²) in [5.74, 6) is -0.0290. The third-order valence-electron chi connectivity index (χ3n) is 4.74. The second-order valence-corrected chi connectivity index (χ2v) is 7.75. The molecule has 0 radical (unpaired) electrons. The Morgan fingerprint density at radius 1 is 1.00 bits per heavy atom. The van der Waals surface area contributed by atoms with E-state index in [0.717, 1.165) is 49.9 Å². The topological polar surface area (TPSA) is 35.6 Å². The largest absolute Gasteiger partial charge is 0.325 e. The predicted molar refractivity (Wildman–Crippen MR) is 110 cm³/mol.